The lowest BCUT2D eigenvalue weighted by Crippen LogP contribution is -2.47. The van der Waals surface area contributed by atoms with Gasteiger partial charge in [0, 0.05) is 12.8 Å². The fourth-order valence-corrected chi connectivity index (χ4v) is 9.68. The first-order valence-electron chi connectivity index (χ1n) is 32.6. The molecule has 0 heterocycles. The first-order valence-corrected chi connectivity index (χ1v) is 34.1. The van der Waals surface area contributed by atoms with Crippen molar-refractivity contribution < 1.29 is 37.3 Å². The van der Waals surface area contributed by atoms with Gasteiger partial charge in [0.15, 0.2) is 0 Å². The van der Waals surface area contributed by atoms with Gasteiger partial charge in [-0.1, -0.05) is 253 Å². The van der Waals surface area contributed by atoms with E-state index < -0.39 is 20.0 Å². The molecule has 0 radical (unpaired) electrons. The van der Waals surface area contributed by atoms with E-state index in [-0.39, 0.29) is 31.5 Å². The molecule has 3 unspecified atom stereocenters. The number of rotatable bonds is 58. The summed E-state index contributed by atoms with van der Waals surface area (Å²) in [5, 5.41) is 3.04. The Balaban J connectivity index is 5.17. The summed E-state index contributed by atoms with van der Waals surface area (Å²) in [7, 11) is 1.46. The highest BCUT2D eigenvalue weighted by atomic mass is 31.2. The molecule has 0 aromatic heterocycles. The third kappa shape index (κ3) is 59.4. The number of nitrogens with zero attached hydrogens (tertiary/aromatic N) is 1. The Morgan fingerprint density at radius 1 is 0.443 bits per heavy atom. The molecule has 0 bridgehead atoms. The maximum Gasteiger partial charge on any atom is 0.472 e. The van der Waals surface area contributed by atoms with Gasteiger partial charge in [0.25, 0.3) is 0 Å². The number of esters is 1. The fraction of sp³-hybridized carbons (Fsp3) is 0.739. The number of allylic oxidation sites excluding steroid dienone is 15. The highest BCUT2D eigenvalue weighted by Gasteiger charge is 2.30. The minimum absolute atomic E-state index is 0.0277. The van der Waals surface area contributed by atoms with Gasteiger partial charge in [-0.25, -0.2) is 4.57 Å². The second kappa shape index (κ2) is 58.1. The Hall–Kier alpha value is -3.07. The minimum atomic E-state index is -4.47. The molecule has 9 nitrogen and oxygen atoms in total. The average Bonchev–Trinajstić information content (AvgIpc) is 3.41. The summed E-state index contributed by atoms with van der Waals surface area (Å²) < 4.78 is 30.7. The van der Waals surface area contributed by atoms with E-state index in [1.165, 1.54) is 161 Å². The monoisotopic (exact) mass is 1120 g/mol. The molecule has 2 N–H and O–H groups in total. The molecule has 10 heteroatoms. The number of nitrogens with one attached hydrogen (secondary N) is 1. The summed E-state index contributed by atoms with van der Waals surface area (Å²) in [6.07, 6.45) is 78.5. The number of ether oxygens (including phenoxy) is 1. The molecule has 0 aliphatic heterocycles. The zero-order chi connectivity index (χ0) is 57.9. The van der Waals surface area contributed by atoms with E-state index in [0.29, 0.717) is 23.9 Å². The average molecular weight is 1120 g/mol. The van der Waals surface area contributed by atoms with E-state index in [1.807, 2.05) is 33.3 Å². The van der Waals surface area contributed by atoms with Gasteiger partial charge in [-0.2, -0.15) is 0 Å². The van der Waals surface area contributed by atoms with E-state index in [9.17, 15) is 19.0 Å². The highest BCUT2D eigenvalue weighted by Crippen LogP contribution is 2.43. The van der Waals surface area contributed by atoms with E-state index in [2.05, 4.69) is 111 Å². The number of likely N-dealkylation sites (N-methyl/N-ethyl adjacent to an activating group) is 1. The summed E-state index contributed by atoms with van der Waals surface area (Å²) in [4.78, 5) is 37.7. The van der Waals surface area contributed by atoms with Gasteiger partial charge in [0.1, 0.15) is 19.3 Å². The summed E-state index contributed by atoms with van der Waals surface area (Å²) in [5.41, 5.74) is 0. The molecule has 79 heavy (non-hydrogen) atoms. The number of hydrogen-bond acceptors (Lipinski definition) is 6. The molecule has 0 saturated heterocycles. The number of phosphoric acid groups is 1. The second-order valence-electron chi connectivity index (χ2n) is 22.9. The maximum atomic E-state index is 13.6. The molecule has 0 saturated carbocycles. The quantitative estimate of drug-likeness (QED) is 0.0205. The van der Waals surface area contributed by atoms with Gasteiger partial charge in [0.05, 0.1) is 33.8 Å². The second-order valence-corrected chi connectivity index (χ2v) is 24.4. The van der Waals surface area contributed by atoms with Crippen LogP contribution in [-0.2, 0) is 27.9 Å². The Labute approximate surface area is 488 Å². The largest absolute Gasteiger partial charge is 0.472 e. The molecule has 0 aromatic carbocycles. The van der Waals surface area contributed by atoms with Crippen molar-refractivity contribution >= 4 is 19.7 Å². The van der Waals surface area contributed by atoms with Crippen molar-refractivity contribution in [2.45, 2.75) is 290 Å². The van der Waals surface area contributed by atoms with Crippen LogP contribution >= 0.6 is 7.82 Å². The van der Waals surface area contributed by atoms with Crippen molar-refractivity contribution in [2.24, 2.45) is 0 Å². The number of phosphoric ester groups is 1. The van der Waals surface area contributed by atoms with Crippen molar-refractivity contribution in [3.8, 4) is 0 Å². The normalized spacial score (nSPS) is 14.3. The topological polar surface area (TPSA) is 111 Å². The molecule has 0 fully saturated rings. The van der Waals surface area contributed by atoms with Crippen LogP contribution < -0.4 is 5.32 Å². The minimum Gasteiger partial charge on any atom is -0.456 e. The van der Waals surface area contributed by atoms with Crippen molar-refractivity contribution in [3.63, 3.8) is 0 Å². The molecule has 0 rings (SSSR count). The molecule has 456 valence electrons. The van der Waals surface area contributed by atoms with Crippen LogP contribution in [0.5, 0.6) is 0 Å². The Kier molecular flexibility index (Phi) is 55.9. The zero-order valence-corrected chi connectivity index (χ0v) is 53.0. The predicted octanol–water partition coefficient (Wildman–Crippen LogP) is 20.3. The van der Waals surface area contributed by atoms with Crippen LogP contribution in [0, 0.1) is 0 Å². The lowest BCUT2D eigenvalue weighted by atomic mass is 10.0. The number of carbonyl (C=O) groups excluding carboxylic acids is 2. The number of amides is 1. The van der Waals surface area contributed by atoms with Crippen LogP contribution in [-0.4, -0.2) is 74.3 Å². The van der Waals surface area contributed by atoms with Crippen molar-refractivity contribution in [1.29, 1.82) is 0 Å². The fourth-order valence-electron chi connectivity index (χ4n) is 8.94. The molecule has 1 amide bonds. The van der Waals surface area contributed by atoms with Gasteiger partial charge >= 0.3 is 13.8 Å². The third-order valence-electron chi connectivity index (χ3n) is 14.0. The van der Waals surface area contributed by atoms with Gasteiger partial charge in [0.2, 0.25) is 5.91 Å². The van der Waals surface area contributed by atoms with E-state index >= 15 is 0 Å². The van der Waals surface area contributed by atoms with Crippen molar-refractivity contribution in [3.05, 3.63) is 97.2 Å². The number of carbonyl (C=O) groups is 2. The summed E-state index contributed by atoms with van der Waals surface area (Å²) >= 11 is 0. The number of quaternary nitrogens is 1. The number of unbranched alkanes of at least 4 members (excludes halogenated alkanes) is 28. The van der Waals surface area contributed by atoms with Crippen LogP contribution in [0.3, 0.4) is 0 Å². The molecule has 0 aromatic rings. The summed E-state index contributed by atoms with van der Waals surface area (Å²) in [6.45, 7) is 6.92. The standard InChI is InChI=1S/C69H123N2O7P/c1-7-10-13-16-19-22-25-27-29-31-32-33-34-35-36-37-38-40-41-43-46-49-52-55-58-61-68(72)70-66(65-77-79(74,75)76-64-63-71(4,5)6)67(60-57-54-51-48-45-24-21-18-15-12-9-3)78-69(73)62-59-56-53-50-47-44-42-39-30-28-26-23-20-17-14-11-8-2/h19-20,22-23,27-30,32-33,42,44,50,53,57,60,66-67H,7-18,21,24-26,31,34-41,43,45-49,51-52,54-56,58-59,61-65H2,1-6H3,(H-,70,72,74,75)/p+1/b22-19-,23-20-,29-27-,30-28-,33-32-,44-42-,53-50-,60-57-. The Morgan fingerprint density at radius 3 is 1.20 bits per heavy atom. The van der Waals surface area contributed by atoms with E-state index in [0.717, 1.165) is 77.0 Å². The Morgan fingerprint density at radius 2 is 0.785 bits per heavy atom. The SMILES string of the molecule is CCCCC/C=C\C/C=C\C/C=C\C/C=C\CCCC(=O)OC(/C=C\CCCCCCCCCCC)C(COP(=O)(O)OCC[N+](C)(C)C)NC(=O)CCCCCCCCCCCCCC/C=C\C/C=C\C/C=C\CCCCC. The van der Waals surface area contributed by atoms with Crippen LogP contribution in [0.1, 0.15) is 278 Å². The number of hydrogen-bond donors (Lipinski definition) is 2. The molecule has 0 aliphatic carbocycles. The maximum absolute atomic E-state index is 13.6. The third-order valence-corrected chi connectivity index (χ3v) is 15.0. The predicted molar refractivity (Wildman–Crippen MR) is 341 cm³/mol. The van der Waals surface area contributed by atoms with E-state index in [4.69, 9.17) is 13.8 Å². The molecule has 0 aliphatic rings. The van der Waals surface area contributed by atoms with Crippen LogP contribution in [0.25, 0.3) is 0 Å². The molecular weight excluding hydrogens is 1000 g/mol. The highest BCUT2D eigenvalue weighted by molar-refractivity contribution is 7.47. The smallest absolute Gasteiger partial charge is 0.456 e. The molecule has 3 atom stereocenters. The van der Waals surface area contributed by atoms with Gasteiger partial charge < -0.3 is 19.4 Å². The van der Waals surface area contributed by atoms with Gasteiger partial charge in [-0.05, 0) is 109 Å². The lowest BCUT2D eigenvalue weighted by Gasteiger charge is -2.27. The summed E-state index contributed by atoms with van der Waals surface area (Å²) in [6, 6.07) is -0.876. The van der Waals surface area contributed by atoms with Crippen LogP contribution in [0.4, 0.5) is 0 Å². The van der Waals surface area contributed by atoms with Crippen molar-refractivity contribution in [1.82, 2.24) is 5.32 Å². The Bertz CT molecular complexity index is 1670. The van der Waals surface area contributed by atoms with Gasteiger partial charge in [-0.15, -0.1) is 0 Å². The lowest BCUT2D eigenvalue weighted by molar-refractivity contribution is -0.870. The van der Waals surface area contributed by atoms with Gasteiger partial charge in [-0.3, -0.25) is 18.6 Å². The molecule has 0 spiro atoms. The van der Waals surface area contributed by atoms with Crippen molar-refractivity contribution in [2.75, 3.05) is 40.9 Å². The first-order chi connectivity index (χ1) is 38.4. The first kappa shape index (κ1) is 75.9. The van der Waals surface area contributed by atoms with E-state index in [1.54, 1.807) is 0 Å². The van der Waals surface area contributed by atoms with Crippen LogP contribution in [0.2, 0.25) is 0 Å². The van der Waals surface area contributed by atoms with Crippen LogP contribution in [0.15, 0.2) is 97.2 Å². The zero-order valence-electron chi connectivity index (χ0n) is 52.1. The molecular formula is C69H124N2O7P+. The summed E-state index contributed by atoms with van der Waals surface area (Å²) in [5.74, 6) is -0.574.